The van der Waals surface area contributed by atoms with Crippen molar-refractivity contribution in [2.75, 3.05) is 6.54 Å². The number of nitrogens with zero attached hydrogens (tertiary/aromatic N) is 1. The topological polar surface area (TPSA) is 46.3 Å². The quantitative estimate of drug-likeness (QED) is 0.577. The molecule has 1 rings (SSSR count). The molecule has 4 heteroatoms. The van der Waals surface area contributed by atoms with E-state index in [1.807, 2.05) is 4.90 Å². The Balaban J connectivity index is 2.40. The Labute approximate surface area is 97.0 Å². The van der Waals surface area contributed by atoms with E-state index in [4.69, 9.17) is 18.0 Å². The molecule has 0 radical (unpaired) electrons. The van der Waals surface area contributed by atoms with E-state index in [1.54, 1.807) is 0 Å². The third kappa shape index (κ3) is 3.45. The first kappa shape index (κ1) is 12.4. The molecular formula is C11H20N2OS. The standard InChI is InChI=1S/C11H20N2OS/c1-2-3-4-7-10(14)13-8-5-6-9(13)11(12)15/h9H,2-8H2,1H3,(H2,12,15). The molecule has 0 aromatic rings. The number of unbranched alkanes of at least 4 members (excludes halogenated alkanes) is 2. The normalized spacial score (nSPS) is 20.6. The van der Waals surface area contributed by atoms with E-state index in [0.29, 0.717) is 11.4 Å². The molecule has 1 unspecified atom stereocenters. The predicted molar refractivity (Wildman–Crippen MR) is 65.7 cm³/mol. The monoisotopic (exact) mass is 228 g/mol. The fourth-order valence-corrected chi connectivity index (χ4v) is 2.28. The van der Waals surface area contributed by atoms with Crippen LogP contribution in [0, 0.1) is 0 Å². The van der Waals surface area contributed by atoms with Gasteiger partial charge in [0.1, 0.15) is 0 Å². The Kier molecular flexibility index (Phi) is 5.02. The van der Waals surface area contributed by atoms with Crippen molar-refractivity contribution in [2.45, 2.75) is 51.5 Å². The summed E-state index contributed by atoms with van der Waals surface area (Å²) in [5.74, 6) is 0.221. The average Bonchev–Trinajstić information content (AvgIpc) is 2.66. The Morgan fingerprint density at radius 3 is 2.87 bits per heavy atom. The van der Waals surface area contributed by atoms with Gasteiger partial charge >= 0.3 is 0 Å². The highest BCUT2D eigenvalue weighted by atomic mass is 32.1. The van der Waals surface area contributed by atoms with Crippen molar-refractivity contribution in [3.63, 3.8) is 0 Å². The van der Waals surface area contributed by atoms with Crippen molar-refractivity contribution >= 4 is 23.1 Å². The van der Waals surface area contributed by atoms with Gasteiger partial charge in [0.05, 0.1) is 11.0 Å². The smallest absolute Gasteiger partial charge is 0.223 e. The minimum absolute atomic E-state index is 0.0223. The molecule has 3 nitrogen and oxygen atoms in total. The van der Waals surface area contributed by atoms with Crippen LogP contribution in [-0.4, -0.2) is 28.4 Å². The summed E-state index contributed by atoms with van der Waals surface area (Å²) in [6.45, 7) is 2.96. The lowest BCUT2D eigenvalue weighted by Gasteiger charge is -2.23. The number of amides is 1. The molecule has 1 amide bonds. The van der Waals surface area contributed by atoms with Crippen LogP contribution in [0.2, 0.25) is 0 Å². The fraction of sp³-hybridized carbons (Fsp3) is 0.818. The molecule has 0 aromatic heterocycles. The van der Waals surface area contributed by atoms with Crippen LogP contribution >= 0.6 is 12.2 Å². The van der Waals surface area contributed by atoms with Crippen molar-refractivity contribution in [2.24, 2.45) is 5.73 Å². The molecule has 0 bridgehead atoms. The summed E-state index contributed by atoms with van der Waals surface area (Å²) in [4.78, 5) is 14.2. The van der Waals surface area contributed by atoms with Gasteiger partial charge in [-0.25, -0.2) is 0 Å². The number of likely N-dealkylation sites (tertiary alicyclic amines) is 1. The second-order valence-corrected chi connectivity index (χ2v) is 4.58. The third-order valence-electron chi connectivity index (χ3n) is 2.90. The Bertz CT molecular complexity index is 243. The zero-order valence-electron chi connectivity index (χ0n) is 9.37. The van der Waals surface area contributed by atoms with Crippen LogP contribution in [0.1, 0.15) is 45.4 Å². The summed E-state index contributed by atoms with van der Waals surface area (Å²) in [5.41, 5.74) is 5.62. The van der Waals surface area contributed by atoms with E-state index in [-0.39, 0.29) is 11.9 Å². The number of carbonyl (C=O) groups excluding carboxylic acids is 1. The van der Waals surface area contributed by atoms with Crippen LogP contribution in [0.3, 0.4) is 0 Å². The maximum Gasteiger partial charge on any atom is 0.223 e. The number of hydrogen-bond acceptors (Lipinski definition) is 2. The molecule has 15 heavy (non-hydrogen) atoms. The number of thiocarbonyl (C=S) groups is 1. The van der Waals surface area contributed by atoms with Gasteiger partial charge in [0.2, 0.25) is 5.91 Å². The summed E-state index contributed by atoms with van der Waals surface area (Å²) in [7, 11) is 0. The van der Waals surface area contributed by atoms with E-state index in [2.05, 4.69) is 6.92 Å². The molecule has 2 N–H and O–H groups in total. The van der Waals surface area contributed by atoms with Gasteiger partial charge in [0, 0.05) is 13.0 Å². The zero-order valence-corrected chi connectivity index (χ0v) is 10.2. The summed E-state index contributed by atoms with van der Waals surface area (Å²) < 4.78 is 0. The van der Waals surface area contributed by atoms with Gasteiger partial charge in [-0.05, 0) is 19.3 Å². The average molecular weight is 228 g/mol. The van der Waals surface area contributed by atoms with E-state index < -0.39 is 0 Å². The van der Waals surface area contributed by atoms with Gasteiger partial charge in [-0.1, -0.05) is 32.0 Å². The summed E-state index contributed by atoms with van der Waals surface area (Å²) in [6.07, 6.45) is 5.86. The predicted octanol–water partition coefficient (Wildman–Crippen LogP) is 1.84. The van der Waals surface area contributed by atoms with Crippen molar-refractivity contribution < 1.29 is 4.79 Å². The highest BCUT2D eigenvalue weighted by molar-refractivity contribution is 7.80. The van der Waals surface area contributed by atoms with Crippen LogP contribution in [0.15, 0.2) is 0 Å². The van der Waals surface area contributed by atoms with Gasteiger partial charge in [-0.3, -0.25) is 4.79 Å². The highest BCUT2D eigenvalue weighted by Gasteiger charge is 2.29. The minimum Gasteiger partial charge on any atom is -0.392 e. The maximum atomic E-state index is 11.8. The molecular weight excluding hydrogens is 208 g/mol. The van der Waals surface area contributed by atoms with E-state index in [0.717, 1.165) is 38.6 Å². The summed E-state index contributed by atoms with van der Waals surface area (Å²) >= 11 is 4.97. The number of nitrogens with two attached hydrogens (primary N) is 1. The van der Waals surface area contributed by atoms with Crippen LogP contribution in [-0.2, 0) is 4.79 Å². The third-order valence-corrected chi connectivity index (χ3v) is 3.17. The molecule has 0 aliphatic carbocycles. The largest absolute Gasteiger partial charge is 0.392 e. The van der Waals surface area contributed by atoms with Crippen molar-refractivity contribution in [1.29, 1.82) is 0 Å². The van der Waals surface area contributed by atoms with Gasteiger partial charge in [-0.15, -0.1) is 0 Å². The Morgan fingerprint density at radius 2 is 2.27 bits per heavy atom. The Morgan fingerprint density at radius 1 is 1.53 bits per heavy atom. The second kappa shape index (κ2) is 6.05. The highest BCUT2D eigenvalue weighted by Crippen LogP contribution is 2.19. The number of rotatable bonds is 5. The van der Waals surface area contributed by atoms with E-state index in [1.165, 1.54) is 0 Å². The number of carbonyl (C=O) groups is 1. The fourth-order valence-electron chi connectivity index (χ4n) is 2.03. The van der Waals surface area contributed by atoms with Gasteiger partial charge in [-0.2, -0.15) is 0 Å². The van der Waals surface area contributed by atoms with Crippen LogP contribution in [0.4, 0.5) is 0 Å². The zero-order chi connectivity index (χ0) is 11.3. The van der Waals surface area contributed by atoms with Crippen molar-refractivity contribution in [1.82, 2.24) is 4.90 Å². The van der Waals surface area contributed by atoms with Crippen LogP contribution < -0.4 is 5.73 Å². The molecule has 86 valence electrons. The first-order chi connectivity index (χ1) is 7.16. The molecule has 1 aliphatic rings. The van der Waals surface area contributed by atoms with Crippen LogP contribution in [0.25, 0.3) is 0 Å². The first-order valence-corrected chi connectivity index (χ1v) is 6.16. The molecule has 0 saturated carbocycles. The van der Waals surface area contributed by atoms with Crippen LogP contribution in [0.5, 0.6) is 0 Å². The molecule has 1 saturated heterocycles. The molecule has 1 fully saturated rings. The number of hydrogen-bond donors (Lipinski definition) is 1. The van der Waals surface area contributed by atoms with Gasteiger partial charge in [0.15, 0.2) is 0 Å². The van der Waals surface area contributed by atoms with Gasteiger partial charge in [0.25, 0.3) is 0 Å². The SMILES string of the molecule is CCCCCC(=O)N1CCCC1C(N)=S. The van der Waals surface area contributed by atoms with E-state index >= 15 is 0 Å². The maximum absolute atomic E-state index is 11.8. The lowest BCUT2D eigenvalue weighted by Crippen LogP contribution is -2.42. The molecule has 0 aromatic carbocycles. The lowest BCUT2D eigenvalue weighted by molar-refractivity contribution is -0.131. The van der Waals surface area contributed by atoms with Gasteiger partial charge < -0.3 is 10.6 Å². The minimum atomic E-state index is 0.0223. The van der Waals surface area contributed by atoms with Crippen molar-refractivity contribution in [3.05, 3.63) is 0 Å². The second-order valence-electron chi connectivity index (χ2n) is 4.10. The summed E-state index contributed by atoms with van der Waals surface area (Å²) in [5, 5.41) is 0. The Hall–Kier alpha value is -0.640. The lowest BCUT2D eigenvalue weighted by atomic mass is 10.1. The first-order valence-electron chi connectivity index (χ1n) is 5.75. The molecule has 1 atom stereocenters. The summed E-state index contributed by atoms with van der Waals surface area (Å²) in [6, 6.07) is 0.0223. The molecule has 0 spiro atoms. The van der Waals surface area contributed by atoms with E-state index in [9.17, 15) is 4.79 Å². The molecule has 1 heterocycles. The molecule has 1 aliphatic heterocycles. The van der Waals surface area contributed by atoms with Crippen molar-refractivity contribution in [3.8, 4) is 0 Å².